The Hall–Kier alpha value is -3.02. The first-order chi connectivity index (χ1) is 14.6. The monoisotopic (exact) mass is 435 g/mol. The molecular formula is C24H18ClNO3S. The molecule has 0 N–H and O–H groups in total. The Morgan fingerprint density at radius 3 is 2.33 bits per heavy atom. The molecule has 0 aliphatic carbocycles. The van der Waals surface area contributed by atoms with Crippen molar-refractivity contribution < 1.29 is 14.3 Å². The van der Waals surface area contributed by atoms with Gasteiger partial charge in [0.05, 0.1) is 11.4 Å². The zero-order chi connectivity index (χ0) is 20.9. The van der Waals surface area contributed by atoms with Crippen LogP contribution in [0.3, 0.4) is 0 Å². The van der Waals surface area contributed by atoms with E-state index in [1.54, 1.807) is 6.08 Å². The fourth-order valence-electron chi connectivity index (χ4n) is 2.99. The van der Waals surface area contributed by atoms with E-state index < -0.39 is 0 Å². The maximum atomic E-state index is 12.7. The second-order valence-electron chi connectivity index (χ2n) is 6.70. The molecule has 30 heavy (non-hydrogen) atoms. The van der Waals surface area contributed by atoms with E-state index in [1.807, 2.05) is 78.9 Å². The highest BCUT2D eigenvalue weighted by Crippen LogP contribution is 2.33. The van der Waals surface area contributed by atoms with Crippen LogP contribution in [0, 0.1) is 0 Å². The van der Waals surface area contributed by atoms with Crippen LogP contribution in [0.1, 0.15) is 16.7 Å². The molecular weight excluding hydrogens is 418 g/mol. The molecule has 1 aliphatic rings. The van der Waals surface area contributed by atoms with Gasteiger partial charge in [0.25, 0.3) is 11.1 Å². The standard InChI is InChI=1S/C24H18ClNO3S/c25-21-9-5-4-8-19(21)16-29-20-12-10-17(11-13-20)14-22-23(27)26(24(28)30-22)15-18-6-2-1-3-7-18/h1-14H,15-16H2/b22-14-. The zero-order valence-corrected chi connectivity index (χ0v) is 17.5. The fourth-order valence-corrected chi connectivity index (χ4v) is 4.02. The molecule has 0 radical (unpaired) electrons. The summed E-state index contributed by atoms with van der Waals surface area (Å²) >= 11 is 7.11. The molecule has 1 saturated heterocycles. The van der Waals surface area contributed by atoms with Crippen molar-refractivity contribution in [2.75, 3.05) is 0 Å². The number of nitrogens with zero attached hydrogens (tertiary/aromatic N) is 1. The highest BCUT2D eigenvalue weighted by Gasteiger charge is 2.34. The van der Waals surface area contributed by atoms with Gasteiger partial charge in [-0.1, -0.05) is 72.3 Å². The number of carbonyl (C=O) groups excluding carboxylic acids is 2. The lowest BCUT2D eigenvalue weighted by molar-refractivity contribution is -0.123. The second kappa shape index (κ2) is 9.20. The number of rotatable bonds is 6. The quantitative estimate of drug-likeness (QED) is 0.435. The minimum absolute atomic E-state index is 0.255. The molecule has 3 aromatic rings. The lowest BCUT2D eigenvalue weighted by Crippen LogP contribution is -2.27. The molecule has 1 aliphatic heterocycles. The molecule has 0 saturated carbocycles. The van der Waals surface area contributed by atoms with E-state index in [0.29, 0.717) is 22.3 Å². The van der Waals surface area contributed by atoms with Crippen LogP contribution in [0.25, 0.3) is 6.08 Å². The van der Waals surface area contributed by atoms with E-state index >= 15 is 0 Å². The van der Waals surface area contributed by atoms with Crippen LogP contribution >= 0.6 is 23.4 Å². The molecule has 1 heterocycles. The zero-order valence-electron chi connectivity index (χ0n) is 16.0. The molecule has 0 spiro atoms. The van der Waals surface area contributed by atoms with Crippen molar-refractivity contribution in [2.24, 2.45) is 0 Å². The minimum atomic E-state index is -0.270. The maximum absolute atomic E-state index is 12.7. The summed E-state index contributed by atoms with van der Waals surface area (Å²) in [6.45, 7) is 0.648. The van der Waals surface area contributed by atoms with E-state index in [2.05, 4.69) is 0 Å². The molecule has 0 aromatic heterocycles. The topological polar surface area (TPSA) is 46.6 Å². The smallest absolute Gasteiger partial charge is 0.293 e. The van der Waals surface area contributed by atoms with Gasteiger partial charge in [-0.3, -0.25) is 14.5 Å². The summed E-state index contributed by atoms with van der Waals surface area (Å²) in [4.78, 5) is 26.6. The Balaban J connectivity index is 1.41. The van der Waals surface area contributed by atoms with Crippen LogP contribution in [0.4, 0.5) is 4.79 Å². The van der Waals surface area contributed by atoms with Crippen LogP contribution in [0.5, 0.6) is 5.75 Å². The molecule has 4 nitrogen and oxygen atoms in total. The van der Waals surface area contributed by atoms with Gasteiger partial charge in [0, 0.05) is 10.6 Å². The van der Waals surface area contributed by atoms with Gasteiger partial charge in [-0.05, 0) is 47.2 Å². The molecule has 4 rings (SSSR count). The van der Waals surface area contributed by atoms with Crippen LogP contribution in [-0.2, 0) is 17.9 Å². The Kier molecular flexibility index (Phi) is 6.21. The number of hydrogen-bond donors (Lipinski definition) is 0. The van der Waals surface area contributed by atoms with Crippen molar-refractivity contribution in [1.29, 1.82) is 0 Å². The number of amides is 2. The summed E-state index contributed by atoms with van der Waals surface area (Å²) in [5, 5.41) is 0.412. The first-order valence-electron chi connectivity index (χ1n) is 9.36. The number of thioether (sulfide) groups is 1. The Morgan fingerprint density at radius 1 is 0.900 bits per heavy atom. The van der Waals surface area contributed by atoms with Gasteiger partial charge in [0.15, 0.2) is 0 Å². The number of imide groups is 1. The van der Waals surface area contributed by atoms with E-state index in [9.17, 15) is 9.59 Å². The SMILES string of the molecule is O=C1S/C(=C\c2ccc(OCc3ccccc3Cl)cc2)C(=O)N1Cc1ccccc1. The molecule has 0 bridgehead atoms. The van der Waals surface area contributed by atoms with E-state index in [0.717, 1.165) is 28.5 Å². The Morgan fingerprint density at radius 2 is 1.60 bits per heavy atom. The molecule has 3 aromatic carbocycles. The minimum Gasteiger partial charge on any atom is -0.489 e. The first-order valence-corrected chi connectivity index (χ1v) is 10.6. The molecule has 6 heteroatoms. The summed E-state index contributed by atoms with van der Waals surface area (Å²) in [7, 11) is 0. The normalized spacial score (nSPS) is 15.1. The predicted octanol–water partition coefficient (Wildman–Crippen LogP) is 6.16. The van der Waals surface area contributed by atoms with Gasteiger partial charge in [0.2, 0.25) is 0 Å². The van der Waals surface area contributed by atoms with E-state index in [-0.39, 0.29) is 17.7 Å². The van der Waals surface area contributed by atoms with Crippen LogP contribution in [0.15, 0.2) is 83.8 Å². The van der Waals surface area contributed by atoms with E-state index in [1.165, 1.54) is 4.90 Å². The lowest BCUT2D eigenvalue weighted by atomic mass is 10.2. The van der Waals surface area contributed by atoms with Crippen molar-refractivity contribution in [1.82, 2.24) is 4.90 Å². The van der Waals surface area contributed by atoms with Crippen LogP contribution < -0.4 is 4.74 Å². The van der Waals surface area contributed by atoms with Crippen molar-refractivity contribution in [3.05, 3.63) is 105 Å². The van der Waals surface area contributed by atoms with Crippen molar-refractivity contribution in [2.45, 2.75) is 13.2 Å². The van der Waals surface area contributed by atoms with Gasteiger partial charge < -0.3 is 4.74 Å². The van der Waals surface area contributed by atoms with Crippen molar-refractivity contribution in [3.63, 3.8) is 0 Å². The van der Waals surface area contributed by atoms with Gasteiger partial charge in [-0.2, -0.15) is 0 Å². The maximum Gasteiger partial charge on any atom is 0.293 e. The number of carbonyl (C=O) groups is 2. The first kappa shape index (κ1) is 20.3. The summed E-state index contributed by atoms with van der Waals surface area (Å²) < 4.78 is 5.78. The Labute approximate surface area is 184 Å². The number of halogens is 1. The highest BCUT2D eigenvalue weighted by atomic mass is 35.5. The van der Waals surface area contributed by atoms with E-state index in [4.69, 9.17) is 16.3 Å². The fraction of sp³-hybridized carbons (Fsp3) is 0.0833. The average Bonchev–Trinajstić information content (AvgIpc) is 3.02. The van der Waals surface area contributed by atoms with Crippen molar-refractivity contribution >= 4 is 40.6 Å². The third-order valence-corrected chi connectivity index (χ3v) is 5.86. The molecule has 0 unspecified atom stereocenters. The summed E-state index contributed by atoms with van der Waals surface area (Å²) in [5.41, 5.74) is 2.65. The van der Waals surface area contributed by atoms with Gasteiger partial charge >= 0.3 is 0 Å². The second-order valence-corrected chi connectivity index (χ2v) is 8.10. The van der Waals surface area contributed by atoms with Crippen LogP contribution in [0.2, 0.25) is 5.02 Å². The van der Waals surface area contributed by atoms with Crippen molar-refractivity contribution in [3.8, 4) is 5.75 Å². The lowest BCUT2D eigenvalue weighted by Gasteiger charge is -2.12. The number of benzene rings is 3. The van der Waals surface area contributed by atoms with Crippen LogP contribution in [-0.4, -0.2) is 16.0 Å². The highest BCUT2D eigenvalue weighted by molar-refractivity contribution is 8.18. The third-order valence-electron chi connectivity index (χ3n) is 4.59. The average molecular weight is 436 g/mol. The predicted molar refractivity (Wildman–Crippen MR) is 120 cm³/mol. The van der Waals surface area contributed by atoms with Gasteiger partial charge in [-0.25, -0.2) is 0 Å². The molecule has 2 amide bonds. The summed E-state index contributed by atoms with van der Waals surface area (Å²) in [6, 6.07) is 24.4. The number of hydrogen-bond acceptors (Lipinski definition) is 4. The molecule has 150 valence electrons. The molecule has 1 fully saturated rings. The van der Waals surface area contributed by atoms with Gasteiger partial charge in [-0.15, -0.1) is 0 Å². The Bertz CT molecular complexity index is 1100. The number of ether oxygens (including phenoxy) is 1. The summed E-state index contributed by atoms with van der Waals surface area (Å²) in [6.07, 6.45) is 1.73. The van der Waals surface area contributed by atoms with Gasteiger partial charge in [0.1, 0.15) is 12.4 Å². The molecule has 0 atom stereocenters. The third kappa shape index (κ3) is 4.75. The summed E-state index contributed by atoms with van der Waals surface area (Å²) in [5.74, 6) is 0.428. The largest absolute Gasteiger partial charge is 0.489 e.